The van der Waals surface area contributed by atoms with E-state index in [0.29, 0.717) is 5.69 Å². The number of halogens is 1. The predicted molar refractivity (Wildman–Crippen MR) is 103 cm³/mol. The molecule has 2 aromatic carbocycles. The van der Waals surface area contributed by atoms with Crippen LogP contribution in [0.25, 0.3) is 16.6 Å². The van der Waals surface area contributed by atoms with Crippen molar-refractivity contribution in [2.45, 2.75) is 13.0 Å². The molecule has 0 saturated heterocycles. The van der Waals surface area contributed by atoms with E-state index in [1.165, 1.54) is 6.33 Å². The number of aromatic amines is 1. The maximum Gasteiger partial charge on any atom is 0.269 e. The van der Waals surface area contributed by atoms with Crippen LogP contribution in [0.5, 0.6) is 0 Å². The van der Waals surface area contributed by atoms with Crippen molar-refractivity contribution in [1.82, 2.24) is 25.1 Å². The number of benzene rings is 2. The highest BCUT2D eigenvalue weighted by Gasteiger charge is 2.18. The van der Waals surface area contributed by atoms with Crippen LogP contribution >= 0.6 is 15.9 Å². The fraction of sp³-hybridized carbons (Fsp3) is 0.105. The first-order chi connectivity index (χ1) is 12.6. The van der Waals surface area contributed by atoms with Crippen LogP contribution in [0.15, 0.2) is 65.7 Å². The highest BCUT2D eigenvalue weighted by Crippen LogP contribution is 2.28. The van der Waals surface area contributed by atoms with Gasteiger partial charge in [0.15, 0.2) is 0 Å². The zero-order valence-corrected chi connectivity index (χ0v) is 15.6. The summed E-state index contributed by atoms with van der Waals surface area (Å²) in [4.78, 5) is 19.8. The second-order valence-corrected chi connectivity index (χ2v) is 6.78. The van der Waals surface area contributed by atoms with Crippen LogP contribution in [0.4, 0.5) is 0 Å². The van der Waals surface area contributed by atoms with E-state index in [-0.39, 0.29) is 11.9 Å². The highest BCUT2D eigenvalue weighted by atomic mass is 79.9. The van der Waals surface area contributed by atoms with Crippen molar-refractivity contribution in [2.24, 2.45) is 0 Å². The van der Waals surface area contributed by atoms with Crippen molar-refractivity contribution in [1.29, 1.82) is 0 Å². The molecule has 0 fully saturated rings. The van der Waals surface area contributed by atoms with Gasteiger partial charge < -0.3 is 10.3 Å². The fourth-order valence-electron chi connectivity index (χ4n) is 2.87. The largest absolute Gasteiger partial charge is 0.350 e. The van der Waals surface area contributed by atoms with Crippen molar-refractivity contribution < 1.29 is 4.79 Å². The first-order valence-corrected chi connectivity index (χ1v) is 8.95. The molecule has 26 heavy (non-hydrogen) atoms. The van der Waals surface area contributed by atoms with Gasteiger partial charge in [-0.3, -0.25) is 4.79 Å². The van der Waals surface area contributed by atoms with E-state index in [2.05, 4.69) is 36.3 Å². The van der Waals surface area contributed by atoms with E-state index in [4.69, 9.17) is 0 Å². The number of nitrogens with zero attached hydrogens (tertiary/aromatic N) is 3. The van der Waals surface area contributed by atoms with E-state index in [0.717, 1.165) is 26.6 Å². The number of para-hydroxylation sites is 1. The number of nitrogens with one attached hydrogen (secondary N) is 2. The lowest BCUT2D eigenvalue weighted by atomic mass is 10.1. The Bertz CT molecular complexity index is 1050. The number of rotatable bonds is 4. The van der Waals surface area contributed by atoms with Crippen LogP contribution in [0, 0.1) is 0 Å². The molecule has 7 heteroatoms. The lowest BCUT2D eigenvalue weighted by Gasteiger charge is -2.14. The Morgan fingerprint density at radius 2 is 1.96 bits per heavy atom. The summed E-state index contributed by atoms with van der Waals surface area (Å²) in [5.41, 5.74) is 3.38. The molecule has 1 unspecified atom stereocenters. The molecule has 6 nitrogen and oxygen atoms in total. The molecule has 1 amide bonds. The third-order valence-electron chi connectivity index (χ3n) is 4.29. The first-order valence-electron chi connectivity index (χ1n) is 8.15. The minimum absolute atomic E-state index is 0.134. The topological polar surface area (TPSA) is 75.6 Å². The van der Waals surface area contributed by atoms with Gasteiger partial charge >= 0.3 is 0 Å². The Morgan fingerprint density at radius 3 is 2.65 bits per heavy atom. The number of hydrogen-bond donors (Lipinski definition) is 2. The van der Waals surface area contributed by atoms with Crippen LogP contribution in [0.3, 0.4) is 0 Å². The Morgan fingerprint density at radius 1 is 1.19 bits per heavy atom. The molecule has 0 aliphatic heterocycles. The summed E-state index contributed by atoms with van der Waals surface area (Å²) in [5, 5.41) is 8.13. The van der Waals surface area contributed by atoms with Crippen LogP contribution in [-0.4, -0.2) is 25.7 Å². The molecule has 0 aliphatic rings. The SMILES string of the molecule is CC(NC(=O)c1[nH]c2ccccc2c1Br)c1ccc(-n2cncn2)cc1. The van der Waals surface area contributed by atoms with Gasteiger partial charge in [0, 0.05) is 10.9 Å². The standard InChI is InChI=1S/C19H16BrN5O/c1-12(13-6-8-14(9-7-13)25-11-21-10-22-25)23-19(26)18-17(20)15-4-2-3-5-16(15)24-18/h2-12,24H,1H3,(H,23,26). The highest BCUT2D eigenvalue weighted by molar-refractivity contribution is 9.10. The molecular formula is C19H16BrN5O. The van der Waals surface area contributed by atoms with Gasteiger partial charge in [0.2, 0.25) is 0 Å². The van der Waals surface area contributed by atoms with E-state index >= 15 is 0 Å². The zero-order chi connectivity index (χ0) is 18.1. The Balaban J connectivity index is 1.52. The first kappa shape index (κ1) is 16.5. The van der Waals surface area contributed by atoms with E-state index in [9.17, 15) is 4.79 Å². The van der Waals surface area contributed by atoms with Gasteiger partial charge in [-0.25, -0.2) is 9.67 Å². The van der Waals surface area contributed by atoms with Gasteiger partial charge in [-0.05, 0) is 46.6 Å². The number of carbonyl (C=O) groups is 1. The fourth-order valence-corrected chi connectivity index (χ4v) is 3.50. The van der Waals surface area contributed by atoms with Crippen LogP contribution in [0.1, 0.15) is 29.0 Å². The van der Waals surface area contributed by atoms with Crippen molar-refractivity contribution >= 4 is 32.7 Å². The van der Waals surface area contributed by atoms with Gasteiger partial charge in [-0.2, -0.15) is 5.10 Å². The van der Waals surface area contributed by atoms with Crippen LogP contribution < -0.4 is 5.32 Å². The van der Waals surface area contributed by atoms with Gasteiger partial charge in [0.05, 0.1) is 16.2 Å². The Labute approximate surface area is 158 Å². The molecule has 0 radical (unpaired) electrons. The van der Waals surface area contributed by atoms with Gasteiger partial charge in [-0.15, -0.1) is 0 Å². The molecule has 1 atom stereocenters. The molecule has 4 rings (SSSR count). The summed E-state index contributed by atoms with van der Waals surface area (Å²) in [6.07, 6.45) is 3.14. The second-order valence-electron chi connectivity index (χ2n) is 5.99. The minimum atomic E-state index is -0.152. The smallest absolute Gasteiger partial charge is 0.269 e. The number of fused-ring (bicyclic) bond motifs is 1. The van der Waals surface area contributed by atoms with Crippen molar-refractivity contribution in [3.05, 3.63) is 76.9 Å². The van der Waals surface area contributed by atoms with E-state index in [1.807, 2.05) is 55.5 Å². The maximum atomic E-state index is 12.7. The molecule has 4 aromatic rings. The molecule has 2 aromatic heterocycles. The lowest BCUT2D eigenvalue weighted by molar-refractivity contribution is 0.0935. The summed E-state index contributed by atoms with van der Waals surface area (Å²) in [6, 6.07) is 15.5. The molecule has 130 valence electrons. The summed E-state index contributed by atoms with van der Waals surface area (Å²) in [7, 11) is 0. The number of hydrogen-bond acceptors (Lipinski definition) is 3. The second kappa shape index (κ2) is 6.76. The zero-order valence-electron chi connectivity index (χ0n) is 14.0. The Hall–Kier alpha value is -2.93. The molecule has 0 spiro atoms. The van der Waals surface area contributed by atoms with Crippen molar-refractivity contribution in [3.8, 4) is 5.69 Å². The average molecular weight is 410 g/mol. The average Bonchev–Trinajstić information content (AvgIpc) is 3.31. The molecule has 2 N–H and O–H groups in total. The van der Waals surface area contributed by atoms with E-state index in [1.54, 1.807) is 11.0 Å². The molecular weight excluding hydrogens is 394 g/mol. The number of amides is 1. The maximum absolute atomic E-state index is 12.7. The van der Waals surface area contributed by atoms with Gasteiger partial charge in [0.1, 0.15) is 18.3 Å². The van der Waals surface area contributed by atoms with Crippen molar-refractivity contribution in [2.75, 3.05) is 0 Å². The van der Waals surface area contributed by atoms with Crippen molar-refractivity contribution in [3.63, 3.8) is 0 Å². The summed E-state index contributed by atoms with van der Waals surface area (Å²) in [6.45, 7) is 1.96. The molecule has 2 heterocycles. The van der Waals surface area contributed by atoms with Gasteiger partial charge in [0.25, 0.3) is 5.91 Å². The summed E-state index contributed by atoms with van der Waals surface area (Å²) in [5.74, 6) is -0.152. The van der Waals surface area contributed by atoms with Crippen LogP contribution in [0.2, 0.25) is 0 Å². The molecule has 0 bridgehead atoms. The Kier molecular flexibility index (Phi) is 4.30. The van der Waals surface area contributed by atoms with Gasteiger partial charge in [-0.1, -0.05) is 30.3 Å². The number of aromatic nitrogens is 4. The quantitative estimate of drug-likeness (QED) is 0.534. The molecule has 0 aliphatic carbocycles. The number of H-pyrrole nitrogens is 1. The van der Waals surface area contributed by atoms with E-state index < -0.39 is 0 Å². The lowest BCUT2D eigenvalue weighted by Crippen LogP contribution is -2.27. The third kappa shape index (κ3) is 3.01. The minimum Gasteiger partial charge on any atom is -0.350 e. The summed E-state index contributed by atoms with van der Waals surface area (Å²) < 4.78 is 2.47. The normalized spacial score (nSPS) is 12.2. The molecule has 0 saturated carbocycles. The number of carbonyl (C=O) groups excluding carboxylic acids is 1. The monoisotopic (exact) mass is 409 g/mol. The summed E-state index contributed by atoms with van der Waals surface area (Å²) >= 11 is 3.52. The third-order valence-corrected chi connectivity index (χ3v) is 5.12. The van der Waals surface area contributed by atoms with Crippen LogP contribution in [-0.2, 0) is 0 Å². The predicted octanol–water partition coefficient (Wildman–Crippen LogP) is 4.00.